The first-order chi connectivity index (χ1) is 6.62. The summed E-state index contributed by atoms with van der Waals surface area (Å²) in [6.07, 6.45) is 0.789. The molecule has 0 heterocycles. The van der Waals surface area contributed by atoms with E-state index in [0.717, 1.165) is 0 Å². The Hall–Kier alpha value is -0.220. The van der Waals surface area contributed by atoms with E-state index in [2.05, 4.69) is 0 Å². The van der Waals surface area contributed by atoms with Gasteiger partial charge in [-0.3, -0.25) is 9.11 Å². The molecule has 0 aromatic rings. The second kappa shape index (κ2) is 7.99. The van der Waals surface area contributed by atoms with Gasteiger partial charge in [0.15, 0.2) is 0 Å². The fourth-order valence-corrected chi connectivity index (χ4v) is 1.57. The van der Waals surface area contributed by atoms with E-state index >= 15 is 0 Å². The summed E-state index contributed by atoms with van der Waals surface area (Å²) in [5.74, 6) is -0.365. The van der Waals surface area contributed by atoms with Gasteiger partial charge in [-0.2, -0.15) is 16.8 Å². The lowest BCUT2D eigenvalue weighted by Gasteiger charge is -1.90. The highest BCUT2D eigenvalue weighted by atomic mass is 32.2. The molecule has 0 radical (unpaired) electrons. The molecule has 0 aromatic heterocycles. The van der Waals surface area contributed by atoms with E-state index in [4.69, 9.17) is 14.8 Å². The zero-order valence-corrected chi connectivity index (χ0v) is 10.1. The van der Waals surface area contributed by atoms with E-state index in [1.54, 1.807) is 6.92 Å². The highest BCUT2D eigenvalue weighted by Crippen LogP contribution is 1.84. The van der Waals surface area contributed by atoms with Gasteiger partial charge >= 0.3 is 0 Å². The zero-order chi connectivity index (χ0) is 12.5. The van der Waals surface area contributed by atoms with E-state index in [9.17, 15) is 16.8 Å². The lowest BCUT2D eigenvalue weighted by atomic mass is 10.5. The Labute approximate surface area is 90.2 Å². The van der Waals surface area contributed by atoms with Crippen LogP contribution in [-0.4, -0.2) is 44.0 Å². The van der Waals surface area contributed by atoms with Crippen molar-refractivity contribution in [1.82, 2.24) is 0 Å². The maximum absolute atomic E-state index is 9.89. The minimum Gasteiger partial charge on any atom is -0.330 e. The Morgan fingerprint density at radius 1 is 1.00 bits per heavy atom. The van der Waals surface area contributed by atoms with Gasteiger partial charge in [-0.25, -0.2) is 0 Å². The average Bonchev–Trinajstić information content (AvgIpc) is 1.98. The van der Waals surface area contributed by atoms with Gasteiger partial charge in [0, 0.05) is 0 Å². The van der Waals surface area contributed by atoms with Gasteiger partial charge in [0.05, 0.1) is 11.5 Å². The largest absolute Gasteiger partial charge is 0.330 e. The molecular weight excluding hydrogens is 246 g/mol. The van der Waals surface area contributed by atoms with Crippen molar-refractivity contribution in [3.05, 3.63) is 0 Å². The molecule has 0 aromatic carbocycles. The minimum atomic E-state index is -3.77. The Balaban J connectivity index is 0. The lowest BCUT2D eigenvalue weighted by Crippen LogP contribution is -2.09. The first kappa shape index (κ1) is 17.2. The first-order valence-electron chi connectivity index (χ1n) is 4.22. The molecular formula is C6H17NO6S2. The van der Waals surface area contributed by atoms with Crippen molar-refractivity contribution >= 4 is 20.2 Å². The molecule has 0 aliphatic rings. The maximum Gasteiger partial charge on any atom is 0.264 e. The van der Waals surface area contributed by atoms with Crippen molar-refractivity contribution < 1.29 is 25.9 Å². The molecule has 0 atom stereocenters. The summed E-state index contributed by atoms with van der Waals surface area (Å²) in [6.45, 7) is 1.98. The molecule has 7 nitrogen and oxygen atoms in total. The summed E-state index contributed by atoms with van der Waals surface area (Å²) in [5, 5.41) is 0. The second-order valence-corrected chi connectivity index (χ2v) is 5.86. The van der Waals surface area contributed by atoms with Crippen LogP contribution in [0.15, 0.2) is 0 Å². The average molecular weight is 263 g/mol. The van der Waals surface area contributed by atoms with Crippen LogP contribution in [0.4, 0.5) is 0 Å². The minimum absolute atomic E-state index is 0.132. The molecule has 0 bridgehead atoms. The molecule has 0 aliphatic carbocycles. The Kier molecular flexibility index (Phi) is 9.16. The third-order valence-corrected chi connectivity index (χ3v) is 2.80. The molecule has 0 saturated carbocycles. The molecule has 0 unspecified atom stereocenters. The molecule has 0 fully saturated rings. The lowest BCUT2D eigenvalue weighted by molar-refractivity contribution is 0.479. The number of hydrogen-bond donors (Lipinski definition) is 3. The van der Waals surface area contributed by atoms with Gasteiger partial charge in [-0.15, -0.1) is 0 Å². The van der Waals surface area contributed by atoms with Crippen molar-refractivity contribution in [1.29, 1.82) is 0 Å². The standard InChI is InChI=1S/C3H9NO3S.C3H8O3S/c4-2-1-3-8(5,6)7;1-2-3-7(4,5)6/h1-4H2,(H,5,6,7);2-3H2,1H3,(H,4,5,6). The smallest absolute Gasteiger partial charge is 0.264 e. The van der Waals surface area contributed by atoms with Crippen molar-refractivity contribution in [3.8, 4) is 0 Å². The number of nitrogens with two attached hydrogens (primary N) is 1. The Bertz CT molecular complexity index is 333. The molecule has 0 saturated heterocycles. The van der Waals surface area contributed by atoms with Gasteiger partial charge in [0.2, 0.25) is 0 Å². The van der Waals surface area contributed by atoms with E-state index in [1.807, 2.05) is 0 Å². The zero-order valence-electron chi connectivity index (χ0n) is 8.46. The maximum atomic E-state index is 9.89. The van der Waals surface area contributed by atoms with Crippen LogP contribution in [0.1, 0.15) is 19.8 Å². The van der Waals surface area contributed by atoms with Crippen molar-refractivity contribution in [2.45, 2.75) is 19.8 Å². The fourth-order valence-electron chi connectivity index (χ4n) is 0.524. The van der Waals surface area contributed by atoms with Crippen molar-refractivity contribution in [2.75, 3.05) is 18.1 Å². The Morgan fingerprint density at radius 2 is 1.40 bits per heavy atom. The van der Waals surface area contributed by atoms with E-state index < -0.39 is 20.2 Å². The van der Waals surface area contributed by atoms with Crippen LogP contribution in [0.5, 0.6) is 0 Å². The van der Waals surface area contributed by atoms with Crippen LogP contribution >= 0.6 is 0 Å². The predicted molar refractivity (Wildman–Crippen MR) is 56.8 cm³/mol. The van der Waals surface area contributed by atoms with E-state index in [-0.39, 0.29) is 11.5 Å². The second-order valence-electron chi connectivity index (χ2n) is 2.71. The Morgan fingerprint density at radius 3 is 1.47 bits per heavy atom. The van der Waals surface area contributed by atoms with Crippen molar-refractivity contribution in [2.24, 2.45) is 5.73 Å². The third-order valence-electron chi connectivity index (χ3n) is 1.07. The summed E-state index contributed by atoms with van der Waals surface area (Å²) in [4.78, 5) is 0. The number of hydrogen-bond acceptors (Lipinski definition) is 5. The van der Waals surface area contributed by atoms with Gasteiger partial charge in [-0.1, -0.05) is 6.92 Å². The predicted octanol–water partition coefficient (Wildman–Crippen LogP) is -0.493. The highest BCUT2D eigenvalue weighted by molar-refractivity contribution is 7.86. The fraction of sp³-hybridized carbons (Fsp3) is 1.00. The third kappa shape index (κ3) is 24.8. The summed E-state index contributed by atoms with van der Waals surface area (Å²) < 4.78 is 55.4. The van der Waals surface area contributed by atoms with Crippen LogP contribution in [0.3, 0.4) is 0 Å². The van der Waals surface area contributed by atoms with Gasteiger partial charge in [0.1, 0.15) is 0 Å². The molecule has 0 amide bonds. The molecule has 0 rings (SSSR count). The monoisotopic (exact) mass is 263 g/mol. The van der Waals surface area contributed by atoms with E-state index in [1.165, 1.54) is 0 Å². The first-order valence-corrected chi connectivity index (χ1v) is 7.44. The van der Waals surface area contributed by atoms with Gasteiger partial charge < -0.3 is 5.73 Å². The topological polar surface area (TPSA) is 135 Å². The normalized spacial score (nSPS) is 11.7. The van der Waals surface area contributed by atoms with Crippen LogP contribution in [-0.2, 0) is 20.2 Å². The van der Waals surface area contributed by atoms with Crippen molar-refractivity contribution in [3.63, 3.8) is 0 Å². The SMILES string of the molecule is CCCS(=O)(=O)O.NCCCS(=O)(=O)O. The summed E-state index contributed by atoms with van der Waals surface area (Å²) in [7, 11) is -7.44. The van der Waals surface area contributed by atoms with Crippen LogP contribution < -0.4 is 5.73 Å². The molecule has 15 heavy (non-hydrogen) atoms. The van der Waals surface area contributed by atoms with Crippen LogP contribution in [0.25, 0.3) is 0 Å². The molecule has 0 aliphatic heterocycles. The van der Waals surface area contributed by atoms with E-state index in [0.29, 0.717) is 19.4 Å². The quantitative estimate of drug-likeness (QED) is 0.569. The number of rotatable bonds is 5. The molecule has 4 N–H and O–H groups in total. The summed E-state index contributed by atoms with van der Waals surface area (Å²) >= 11 is 0. The van der Waals surface area contributed by atoms with Gasteiger partial charge in [0.25, 0.3) is 20.2 Å². The van der Waals surface area contributed by atoms with Crippen LogP contribution in [0, 0.1) is 0 Å². The molecule has 0 spiro atoms. The summed E-state index contributed by atoms with van der Waals surface area (Å²) in [5.41, 5.74) is 4.96. The van der Waals surface area contributed by atoms with Crippen LogP contribution in [0.2, 0.25) is 0 Å². The molecule has 9 heteroatoms. The highest BCUT2D eigenvalue weighted by Gasteiger charge is 2.00. The van der Waals surface area contributed by atoms with Gasteiger partial charge in [-0.05, 0) is 19.4 Å². The summed E-state index contributed by atoms with van der Waals surface area (Å²) in [6, 6.07) is 0. The molecule has 94 valence electrons.